The first-order valence-electron chi connectivity index (χ1n) is 5.23. The number of hydrogen-bond donors (Lipinski definition) is 0. The van der Waals surface area contributed by atoms with E-state index in [1.807, 2.05) is 6.07 Å². The fourth-order valence-electron chi connectivity index (χ4n) is 2.01. The van der Waals surface area contributed by atoms with Crippen molar-refractivity contribution in [3.05, 3.63) is 28.5 Å². The van der Waals surface area contributed by atoms with Crippen molar-refractivity contribution in [2.45, 2.75) is 32.6 Å². The number of pyridine rings is 1. The number of hydrogen-bond acceptors (Lipinski definition) is 2. The van der Waals surface area contributed by atoms with Crippen molar-refractivity contribution < 1.29 is 4.79 Å². The Morgan fingerprint density at radius 3 is 2.80 bits per heavy atom. The first-order valence-corrected chi connectivity index (χ1v) is 6.02. The summed E-state index contributed by atoms with van der Waals surface area (Å²) in [5, 5.41) is 0. The number of aromatic nitrogens is 1. The number of halogens is 1. The molecule has 15 heavy (non-hydrogen) atoms. The molecule has 2 rings (SSSR count). The second-order valence-corrected chi connectivity index (χ2v) is 5.57. The largest absolute Gasteiger partial charge is 0.294 e. The van der Waals surface area contributed by atoms with E-state index in [2.05, 4.69) is 27.8 Å². The predicted octanol–water partition coefficient (Wildman–Crippen LogP) is 3.61. The lowest BCUT2D eigenvalue weighted by molar-refractivity contribution is 0.0816. The number of carbonyl (C=O) groups is 1. The maximum absolute atomic E-state index is 11.9. The minimum atomic E-state index is 0.214. The lowest BCUT2D eigenvalue weighted by atomic mass is 9.67. The van der Waals surface area contributed by atoms with Gasteiger partial charge in [0.05, 0.1) is 0 Å². The van der Waals surface area contributed by atoms with Crippen LogP contribution in [-0.4, -0.2) is 10.8 Å². The Morgan fingerprint density at radius 2 is 2.27 bits per heavy atom. The van der Waals surface area contributed by atoms with Crippen LogP contribution in [0.1, 0.15) is 43.0 Å². The number of carbonyl (C=O) groups excluding carboxylic acids is 1. The summed E-state index contributed by atoms with van der Waals surface area (Å²) in [4.78, 5) is 16.0. The molecule has 0 amide bonds. The molecule has 0 saturated heterocycles. The number of nitrogens with zero attached hydrogens (tertiary/aromatic N) is 1. The lowest BCUT2D eigenvalue weighted by Crippen LogP contribution is -2.28. The predicted molar refractivity (Wildman–Crippen MR) is 62.8 cm³/mol. The Labute approximate surface area is 98.2 Å². The Hall–Kier alpha value is -0.700. The zero-order valence-corrected chi connectivity index (χ0v) is 10.4. The fourth-order valence-corrected chi connectivity index (χ4v) is 2.38. The van der Waals surface area contributed by atoms with Crippen molar-refractivity contribution >= 4 is 21.7 Å². The van der Waals surface area contributed by atoms with Gasteiger partial charge in [0.25, 0.3) is 0 Å². The molecule has 3 heteroatoms. The van der Waals surface area contributed by atoms with Gasteiger partial charge in [0.2, 0.25) is 0 Å². The van der Waals surface area contributed by atoms with Gasteiger partial charge < -0.3 is 0 Å². The van der Waals surface area contributed by atoms with E-state index < -0.39 is 0 Å². The van der Waals surface area contributed by atoms with Crippen molar-refractivity contribution in [1.82, 2.24) is 4.98 Å². The van der Waals surface area contributed by atoms with Gasteiger partial charge in [-0.15, -0.1) is 0 Å². The summed E-state index contributed by atoms with van der Waals surface area (Å²) >= 11 is 3.33. The molecule has 0 aliphatic heterocycles. The molecule has 1 saturated carbocycles. The molecule has 1 aliphatic rings. The topological polar surface area (TPSA) is 30.0 Å². The summed E-state index contributed by atoms with van der Waals surface area (Å²) < 4.78 is 0.868. The second kappa shape index (κ2) is 4.05. The Kier molecular flexibility index (Phi) is 2.91. The highest BCUT2D eigenvalue weighted by Crippen LogP contribution is 2.43. The van der Waals surface area contributed by atoms with Crippen molar-refractivity contribution in [1.29, 1.82) is 0 Å². The Morgan fingerprint density at radius 1 is 1.53 bits per heavy atom. The molecule has 1 fully saturated rings. The molecule has 0 N–H and O–H groups in total. The van der Waals surface area contributed by atoms with Gasteiger partial charge in [-0.2, -0.15) is 0 Å². The fraction of sp³-hybridized carbons (Fsp3) is 0.500. The van der Waals surface area contributed by atoms with Gasteiger partial charge in [-0.05, 0) is 40.3 Å². The maximum Gasteiger partial charge on any atom is 0.165 e. The lowest BCUT2D eigenvalue weighted by Gasteiger charge is -2.37. The highest BCUT2D eigenvalue weighted by Gasteiger charge is 2.34. The molecule has 0 spiro atoms. The number of Topliss-reactive ketones (excluding diaryl/α,β-unsaturated/α-hetero) is 1. The molecular formula is C12H14BrNO. The molecule has 2 nitrogen and oxygen atoms in total. The van der Waals surface area contributed by atoms with Crippen LogP contribution in [0.4, 0.5) is 0 Å². The van der Waals surface area contributed by atoms with E-state index in [0.717, 1.165) is 10.0 Å². The van der Waals surface area contributed by atoms with Crippen molar-refractivity contribution in [2.24, 2.45) is 5.41 Å². The summed E-state index contributed by atoms with van der Waals surface area (Å²) in [5.41, 5.74) is 0.969. The van der Waals surface area contributed by atoms with Gasteiger partial charge in [-0.1, -0.05) is 13.3 Å². The summed E-state index contributed by atoms with van der Waals surface area (Å²) in [6, 6.07) is 1.84. The Balaban J connectivity index is 2.08. The molecule has 0 unspecified atom stereocenters. The third-order valence-corrected chi connectivity index (χ3v) is 3.61. The van der Waals surface area contributed by atoms with Gasteiger partial charge in [0.1, 0.15) is 0 Å². The number of rotatable bonds is 3. The van der Waals surface area contributed by atoms with Crippen LogP contribution in [0, 0.1) is 5.41 Å². The van der Waals surface area contributed by atoms with Gasteiger partial charge in [0, 0.05) is 28.9 Å². The van der Waals surface area contributed by atoms with E-state index in [4.69, 9.17) is 0 Å². The van der Waals surface area contributed by atoms with Crippen LogP contribution in [0.5, 0.6) is 0 Å². The quantitative estimate of drug-likeness (QED) is 0.784. The van der Waals surface area contributed by atoms with Crippen LogP contribution >= 0.6 is 15.9 Å². The first kappa shape index (κ1) is 10.8. The molecule has 0 atom stereocenters. The van der Waals surface area contributed by atoms with Gasteiger partial charge >= 0.3 is 0 Å². The SMILES string of the molecule is CC1(CC(=O)c2cncc(Br)c2)CCC1. The van der Waals surface area contributed by atoms with Crippen molar-refractivity contribution in [3.8, 4) is 0 Å². The molecule has 1 heterocycles. The second-order valence-electron chi connectivity index (χ2n) is 4.66. The smallest absolute Gasteiger partial charge is 0.165 e. The van der Waals surface area contributed by atoms with Crippen LogP contribution in [0.15, 0.2) is 22.9 Å². The van der Waals surface area contributed by atoms with E-state index in [1.165, 1.54) is 19.3 Å². The molecule has 80 valence electrons. The van der Waals surface area contributed by atoms with Crippen LogP contribution in [0.2, 0.25) is 0 Å². The third kappa shape index (κ3) is 2.46. The first-order chi connectivity index (χ1) is 7.09. The monoisotopic (exact) mass is 267 g/mol. The summed E-state index contributed by atoms with van der Waals surface area (Å²) in [6.07, 6.45) is 7.63. The molecule has 1 aromatic heterocycles. The average Bonchev–Trinajstić information content (AvgIpc) is 2.15. The minimum Gasteiger partial charge on any atom is -0.294 e. The van der Waals surface area contributed by atoms with E-state index in [-0.39, 0.29) is 11.2 Å². The molecule has 0 radical (unpaired) electrons. The normalized spacial score (nSPS) is 18.3. The molecule has 0 bridgehead atoms. The van der Waals surface area contributed by atoms with Gasteiger partial charge in [0.15, 0.2) is 5.78 Å². The van der Waals surface area contributed by atoms with Crippen molar-refractivity contribution in [2.75, 3.05) is 0 Å². The number of ketones is 1. The summed E-state index contributed by atoms with van der Waals surface area (Å²) in [5.74, 6) is 0.214. The van der Waals surface area contributed by atoms with Gasteiger partial charge in [-0.25, -0.2) is 0 Å². The zero-order valence-electron chi connectivity index (χ0n) is 8.79. The van der Waals surface area contributed by atoms with Crippen molar-refractivity contribution in [3.63, 3.8) is 0 Å². The molecule has 0 aromatic carbocycles. The van der Waals surface area contributed by atoms with E-state index in [9.17, 15) is 4.79 Å². The molecule has 1 aromatic rings. The minimum absolute atomic E-state index is 0.214. The van der Waals surface area contributed by atoms with E-state index in [0.29, 0.717) is 6.42 Å². The summed E-state index contributed by atoms with van der Waals surface area (Å²) in [6.45, 7) is 2.19. The average molecular weight is 268 g/mol. The molecule has 1 aliphatic carbocycles. The third-order valence-electron chi connectivity index (χ3n) is 3.17. The van der Waals surface area contributed by atoms with E-state index >= 15 is 0 Å². The molecular weight excluding hydrogens is 254 g/mol. The highest BCUT2D eigenvalue weighted by molar-refractivity contribution is 9.10. The zero-order chi connectivity index (χ0) is 10.9. The van der Waals surface area contributed by atoms with Gasteiger partial charge in [-0.3, -0.25) is 9.78 Å². The van der Waals surface area contributed by atoms with E-state index in [1.54, 1.807) is 12.4 Å². The Bertz CT molecular complexity index is 385. The maximum atomic E-state index is 11.9. The van der Waals surface area contributed by atoms with Crippen LogP contribution in [0.25, 0.3) is 0 Å². The standard InChI is InChI=1S/C12H14BrNO/c1-12(3-2-4-12)6-11(15)9-5-10(13)8-14-7-9/h5,7-8H,2-4,6H2,1H3. The van der Waals surface area contributed by atoms with Crippen LogP contribution in [0.3, 0.4) is 0 Å². The highest BCUT2D eigenvalue weighted by atomic mass is 79.9. The van der Waals surface area contributed by atoms with Crippen LogP contribution < -0.4 is 0 Å². The van der Waals surface area contributed by atoms with Crippen LogP contribution in [-0.2, 0) is 0 Å². The summed E-state index contributed by atoms with van der Waals surface area (Å²) in [7, 11) is 0.